The van der Waals surface area contributed by atoms with Crippen LogP contribution in [0.2, 0.25) is 5.02 Å². The lowest BCUT2D eigenvalue weighted by molar-refractivity contribution is -0.146. The second kappa shape index (κ2) is 9.32. The van der Waals surface area contributed by atoms with Crippen molar-refractivity contribution in [3.8, 4) is 16.9 Å². The first-order valence-corrected chi connectivity index (χ1v) is 10.4. The number of piperazine rings is 1. The van der Waals surface area contributed by atoms with Gasteiger partial charge < -0.3 is 10.1 Å². The van der Waals surface area contributed by atoms with E-state index in [0.717, 1.165) is 22.5 Å². The molecule has 3 aromatic rings. The highest BCUT2D eigenvalue weighted by Crippen LogP contribution is 2.27. The fourth-order valence-corrected chi connectivity index (χ4v) is 3.85. The van der Waals surface area contributed by atoms with E-state index in [1.54, 1.807) is 0 Å². The van der Waals surface area contributed by atoms with Crippen LogP contribution in [0.4, 0.5) is 0 Å². The number of carbonyl (C=O) groups excluding carboxylic acids is 2. The lowest BCUT2D eigenvalue weighted by Crippen LogP contribution is -2.55. The minimum absolute atomic E-state index is 0.00539. The topological polar surface area (TPSA) is 76.5 Å². The molecule has 0 bridgehead atoms. The average molecular weight is 439 g/mol. The Labute approximate surface area is 185 Å². The Bertz CT molecular complexity index is 1070. The zero-order valence-corrected chi connectivity index (χ0v) is 17.9. The van der Waals surface area contributed by atoms with Gasteiger partial charge in [0.15, 0.2) is 0 Å². The summed E-state index contributed by atoms with van der Waals surface area (Å²) in [6.45, 7) is 1.63. The van der Waals surface area contributed by atoms with Gasteiger partial charge in [-0.25, -0.2) is 4.68 Å². The van der Waals surface area contributed by atoms with Gasteiger partial charge in [0, 0.05) is 42.0 Å². The Balaban J connectivity index is 1.70. The van der Waals surface area contributed by atoms with Gasteiger partial charge in [-0.2, -0.15) is 5.10 Å². The van der Waals surface area contributed by atoms with E-state index in [1.165, 1.54) is 7.11 Å². The molecule has 1 fully saturated rings. The van der Waals surface area contributed by atoms with Crippen LogP contribution in [0.15, 0.2) is 60.8 Å². The third kappa shape index (κ3) is 4.78. The van der Waals surface area contributed by atoms with Crippen LogP contribution in [-0.2, 0) is 20.9 Å². The van der Waals surface area contributed by atoms with E-state index >= 15 is 0 Å². The summed E-state index contributed by atoms with van der Waals surface area (Å²) in [4.78, 5) is 26.3. The molecule has 1 unspecified atom stereocenters. The molecule has 1 N–H and O–H groups in total. The molecule has 1 aliphatic heterocycles. The molecule has 160 valence electrons. The van der Waals surface area contributed by atoms with Crippen molar-refractivity contribution in [3.05, 3.63) is 71.4 Å². The highest BCUT2D eigenvalue weighted by atomic mass is 35.5. The van der Waals surface area contributed by atoms with Crippen LogP contribution in [0.5, 0.6) is 0 Å². The number of aromatic nitrogens is 2. The average Bonchev–Trinajstić information content (AvgIpc) is 3.21. The smallest absolute Gasteiger partial charge is 0.307 e. The Morgan fingerprint density at radius 3 is 2.65 bits per heavy atom. The first-order chi connectivity index (χ1) is 15.0. The Kier molecular flexibility index (Phi) is 6.34. The van der Waals surface area contributed by atoms with Gasteiger partial charge in [0.05, 0.1) is 24.9 Å². The fourth-order valence-electron chi connectivity index (χ4n) is 3.72. The summed E-state index contributed by atoms with van der Waals surface area (Å²) in [6, 6.07) is 16.8. The monoisotopic (exact) mass is 438 g/mol. The van der Waals surface area contributed by atoms with Crippen molar-refractivity contribution in [3.63, 3.8) is 0 Å². The number of rotatable bonds is 6. The van der Waals surface area contributed by atoms with Crippen LogP contribution in [0.25, 0.3) is 16.9 Å². The van der Waals surface area contributed by atoms with E-state index in [0.29, 0.717) is 24.7 Å². The van der Waals surface area contributed by atoms with Gasteiger partial charge in [-0.3, -0.25) is 14.5 Å². The number of para-hydroxylation sites is 1. The lowest BCUT2D eigenvalue weighted by atomic mass is 10.0. The number of halogens is 1. The van der Waals surface area contributed by atoms with Gasteiger partial charge in [0.25, 0.3) is 0 Å². The maximum absolute atomic E-state index is 12.5. The van der Waals surface area contributed by atoms with Gasteiger partial charge >= 0.3 is 5.97 Å². The summed E-state index contributed by atoms with van der Waals surface area (Å²) < 4.78 is 6.62. The van der Waals surface area contributed by atoms with E-state index in [-0.39, 0.29) is 12.3 Å². The first-order valence-electron chi connectivity index (χ1n) is 10.0. The molecular formula is C23H23ClN4O3. The number of hydrogen-bond acceptors (Lipinski definition) is 5. The molecule has 2 aromatic carbocycles. The van der Waals surface area contributed by atoms with Gasteiger partial charge in [0.2, 0.25) is 5.91 Å². The first kappa shape index (κ1) is 21.1. The van der Waals surface area contributed by atoms with E-state index in [9.17, 15) is 9.59 Å². The quantitative estimate of drug-likeness (QED) is 0.598. The van der Waals surface area contributed by atoms with Crippen molar-refractivity contribution in [2.75, 3.05) is 20.2 Å². The lowest BCUT2D eigenvalue weighted by Gasteiger charge is -2.34. The standard InChI is InChI=1S/C23H23ClN4O3/c1-31-21(29)13-20-23(30)25-11-12-27(20)14-17-15-28(19-5-3-2-4-6-19)26-22(17)16-7-9-18(24)10-8-16/h2-10,15,20H,11-14H2,1H3,(H,25,30). The molecule has 4 rings (SSSR count). The number of methoxy groups -OCH3 is 1. The van der Waals surface area contributed by atoms with Gasteiger partial charge in [-0.15, -0.1) is 0 Å². The molecule has 1 aliphatic rings. The van der Waals surface area contributed by atoms with Crippen LogP contribution in [-0.4, -0.2) is 52.8 Å². The molecule has 0 radical (unpaired) electrons. The SMILES string of the molecule is COC(=O)CC1C(=O)NCCN1Cc1cn(-c2ccccc2)nc1-c1ccc(Cl)cc1. The fraction of sp³-hybridized carbons (Fsp3) is 0.261. The minimum Gasteiger partial charge on any atom is -0.469 e. The largest absolute Gasteiger partial charge is 0.469 e. The predicted octanol–water partition coefficient (Wildman–Crippen LogP) is 3.06. The number of amides is 1. The van der Waals surface area contributed by atoms with Crippen molar-refractivity contribution in [1.82, 2.24) is 20.0 Å². The molecule has 31 heavy (non-hydrogen) atoms. The molecule has 1 amide bonds. The minimum atomic E-state index is -0.584. The van der Waals surface area contributed by atoms with E-state index < -0.39 is 12.0 Å². The van der Waals surface area contributed by atoms with Crippen molar-refractivity contribution in [2.45, 2.75) is 19.0 Å². The molecule has 2 heterocycles. The van der Waals surface area contributed by atoms with Crippen LogP contribution < -0.4 is 5.32 Å². The highest BCUT2D eigenvalue weighted by molar-refractivity contribution is 6.30. The van der Waals surface area contributed by atoms with Crippen molar-refractivity contribution in [1.29, 1.82) is 0 Å². The number of hydrogen-bond donors (Lipinski definition) is 1. The number of nitrogens with zero attached hydrogens (tertiary/aromatic N) is 3. The van der Waals surface area contributed by atoms with Crippen molar-refractivity contribution < 1.29 is 14.3 Å². The predicted molar refractivity (Wildman–Crippen MR) is 118 cm³/mol. The summed E-state index contributed by atoms with van der Waals surface area (Å²) in [5, 5.41) is 8.31. The third-order valence-electron chi connectivity index (χ3n) is 5.33. The van der Waals surface area contributed by atoms with E-state index in [2.05, 4.69) is 5.32 Å². The van der Waals surface area contributed by atoms with Crippen LogP contribution >= 0.6 is 11.6 Å². The van der Waals surface area contributed by atoms with E-state index in [1.807, 2.05) is 70.4 Å². The molecule has 0 aliphatic carbocycles. The summed E-state index contributed by atoms with van der Waals surface area (Å²) in [6.07, 6.45) is 1.98. The third-order valence-corrected chi connectivity index (χ3v) is 5.58. The van der Waals surface area contributed by atoms with Gasteiger partial charge in [-0.05, 0) is 24.3 Å². The zero-order chi connectivity index (χ0) is 21.8. The zero-order valence-electron chi connectivity index (χ0n) is 17.1. The number of esters is 1. The molecule has 8 heteroatoms. The molecule has 0 saturated carbocycles. The number of benzene rings is 2. The second-order valence-electron chi connectivity index (χ2n) is 7.35. The maximum Gasteiger partial charge on any atom is 0.307 e. The number of carbonyl (C=O) groups is 2. The van der Waals surface area contributed by atoms with Crippen LogP contribution in [0.1, 0.15) is 12.0 Å². The second-order valence-corrected chi connectivity index (χ2v) is 7.78. The molecule has 1 atom stereocenters. The van der Waals surface area contributed by atoms with Crippen molar-refractivity contribution in [2.24, 2.45) is 0 Å². The maximum atomic E-state index is 12.5. The van der Waals surface area contributed by atoms with Crippen LogP contribution in [0, 0.1) is 0 Å². The highest BCUT2D eigenvalue weighted by Gasteiger charge is 2.32. The van der Waals surface area contributed by atoms with E-state index in [4.69, 9.17) is 21.4 Å². The number of ether oxygens (including phenoxy) is 1. The van der Waals surface area contributed by atoms with Crippen LogP contribution in [0.3, 0.4) is 0 Å². The number of nitrogens with one attached hydrogen (secondary N) is 1. The molecule has 1 saturated heterocycles. The Morgan fingerprint density at radius 1 is 1.19 bits per heavy atom. The van der Waals surface area contributed by atoms with Gasteiger partial charge in [0.1, 0.15) is 6.04 Å². The van der Waals surface area contributed by atoms with Crippen molar-refractivity contribution >= 4 is 23.5 Å². The molecular weight excluding hydrogens is 416 g/mol. The van der Waals surface area contributed by atoms with Gasteiger partial charge in [-0.1, -0.05) is 41.9 Å². The summed E-state index contributed by atoms with van der Waals surface area (Å²) in [5.74, 6) is -0.579. The molecule has 7 nitrogen and oxygen atoms in total. The Morgan fingerprint density at radius 2 is 1.94 bits per heavy atom. The molecule has 1 aromatic heterocycles. The summed E-state index contributed by atoms with van der Waals surface area (Å²) in [7, 11) is 1.33. The normalized spacial score (nSPS) is 16.7. The summed E-state index contributed by atoms with van der Waals surface area (Å²) in [5.41, 5.74) is 3.63. The summed E-state index contributed by atoms with van der Waals surface area (Å²) >= 11 is 6.07. The molecule has 0 spiro atoms. The Hall–Kier alpha value is -3.16.